The van der Waals surface area contributed by atoms with Crippen LogP contribution in [-0.4, -0.2) is 17.6 Å². The number of aromatic nitrogens is 1. The number of nitrogens with one attached hydrogen (secondary N) is 1. The lowest BCUT2D eigenvalue weighted by Crippen LogP contribution is -2.29. The van der Waals surface area contributed by atoms with Gasteiger partial charge < -0.3 is 11.1 Å². The lowest BCUT2D eigenvalue weighted by Gasteiger charge is -2.21. The zero-order valence-electron chi connectivity index (χ0n) is 8.62. The molecule has 1 saturated carbocycles. The molecule has 0 saturated heterocycles. The molecule has 3 nitrogen and oxygen atoms in total. The van der Waals surface area contributed by atoms with Crippen LogP contribution in [0.15, 0.2) is 22.9 Å². The van der Waals surface area contributed by atoms with Crippen LogP contribution in [-0.2, 0) is 0 Å². The molecule has 2 atom stereocenters. The molecule has 1 aliphatic rings. The summed E-state index contributed by atoms with van der Waals surface area (Å²) in [6.07, 6.45) is 5.51. The molecule has 1 heterocycles. The number of rotatable bonds is 3. The Morgan fingerprint density at radius 2 is 2.40 bits per heavy atom. The smallest absolute Gasteiger partial charge is 0.129 e. The first-order chi connectivity index (χ1) is 7.31. The van der Waals surface area contributed by atoms with Crippen molar-refractivity contribution in [2.75, 3.05) is 11.9 Å². The average molecular weight is 270 g/mol. The first kappa shape index (κ1) is 10.9. The fourth-order valence-electron chi connectivity index (χ4n) is 2.20. The van der Waals surface area contributed by atoms with Gasteiger partial charge in [0.15, 0.2) is 0 Å². The van der Waals surface area contributed by atoms with Crippen molar-refractivity contribution in [2.24, 2.45) is 11.7 Å². The van der Waals surface area contributed by atoms with Gasteiger partial charge in [-0.2, -0.15) is 0 Å². The van der Waals surface area contributed by atoms with E-state index in [1.807, 2.05) is 12.1 Å². The minimum absolute atomic E-state index is 0.510. The second-order valence-corrected chi connectivity index (χ2v) is 4.77. The van der Waals surface area contributed by atoms with Gasteiger partial charge >= 0.3 is 0 Å². The molecule has 1 aromatic rings. The lowest BCUT2D eigenvalue weighted by atomic mass is 10.0. The van der Waals surface area contributed by atoms with E-state index in [1.54, 1.807) is 6.20 Å². The van der Waals surface area contributed by atoms with E-state index in [4.69, 9.17) is 5.73 Å². The number of nitrogens with two attached hydrogens (primary N) is 1. The van der Waals surface area contributed by atoms with Gasteiger partial charge in [-0.15, -0.1) is 0 Å². The van der Waals surface area contributed by atoms with E-state index < -0.39 is 0 Å². The van der Waals surface area contributed by atoms with Gasteiger partial charge in [0.2, 0.25) is 0 Å². The van der Waals surface area contributed by atoms with E-state index in [1.165, 1.54) is 19.3 Å². The van der Waals surface area contributed by atoms with Crippen molar-refractivity contribution in [1.29, 1.82) is 0 Å². The second-order valence-electron chi connectivity index (χ2n) is 4.02. The van der Waals surface area contributed by atoms with Crippen molar-refractivity contribution in [3.05, 3.63) is 22.9 Å². The summed E-state index contributed by atoms with van der Waals surface area (Å²) in [7, 11) is 0. The van der Waals surface area contributed by atoms with Crippen molar-refractivity contribution in [1.82, 2.24) is 4.98 Å². The normalized spacial score (nSPS) is 25.5. The average Bonchev–Trinajstić information content (AvgIpc) is 2.69. The number of hydrogen-bond donors (Lipinski definition) is 2. The zero-order valence-corrected chi connectivity index (χ0v) is 10.2. The largest absolute Gasteiger partial charge is 0.380 e. The highest BCUT2D eigenvalue weighted by Gasteiger charge is 2.26. The number of pyridine rings is 1. The molecule has 0 amide bonds. The van der Waals surface area contributed by atoms with Crippen LogP contribution >= 0.6 is 15.9 Å². The SMILES string of the molecule is NCC1CCCC1Nc1cccnc1Br. The third kappa shape index (κ3) is 2.49. The Kier molecular flexibility index (Phi) is 3.59. The van der Waals surface area contributed by atoms with Gasteiger partial charge in [0.25, 0.3) is 0 Å². The Morgan fingerprint density at radius 1 is 1.53 bits per heavy atom. The fraction of sp³-hybridized carbons (Fsp3) is 0.545. The molecule has 2 rings (SSSR count). The first-order valence-electron chi connectivity index (χ1n) is 5.38. The maximum atomic E-state index is 5.75. The van der Waals surface area contributed by atoms with E-state index >= 15 is 0 Å². The predicted octanol–water partition coefficient (Wildman–Crippen LogP) is 2.38. The topological polar surface area (TPSA) is 50.9 Å². The van der Waals surface area contributed by atoms with E-state index in [9.17, 15) is 0 Å². The molecule has 4 heteroatoms. The molecule has 82 valence electrons. The van der Waals surface area contributed by atoms with Crippen LogP contribution in [0.1, 0.15) is 19.3 Å². The van der Waals surface area contributed by atoms with E-state index in [0.717, 1.165) is 16.8 Å². The highest BCUT2D eigenvalue weighted by Crippen LogP contribution is 2.29. The Morgan fingerprint density at radius 3 is 3.13 bits per heavy atom. The summed E-state index contributed by atoms with van der Waals surface area (Å²) in [4.78, 5) is 4.19. The first-order valence-corrected chi connectivity index (χ1v) is 6.17. The van der Waals surface area contributed by atoms with Crippen LogP contribution in [0.2, 0.25) is 0 Å². The van der Waals surface area contributed by atoms with E-state index in [0.29, 0.717) is 12.0 Å². The molecule has 0 radical (unpaired) electrons. The van der Waals surface area contributed by atoms with Gasteiger partial charge in [-0.05, 0) is 53.4 Å². The second kappa shape index (κ2) is 4.94. The molecule has 0 aromatic carbocycles. The molecule has 2 unspecified atom stereocenters. The molecule has 1 aliphatic carbocycles. The molecule has 0 aliphatic heterocycles. The van der Waals surface area contributed by atoms with E-state index in [2.05, 4.69) is 26.2 Å². The Balaban J connectivity index is 2.05. The molecule has 15 heavy (non-hydrogen) atoms. The summed E-state index contributed by atoms with van der Waals surface area (Å²) < 4.78 is 0.882. The van der Waals surface area contributed by atoms with Crippen LogP contribution in [0.4, 0.5) is 5.69 Å². The quantitative estimate of drug-likeness (QED) is 0.829. The molecule has 0 spiro atoms. The highest BCUT2D eigenvalue weighted by atomic mass is 79.9. The molecule has 3 N–H and O–H groups in total. The fourth-order valence-corrected chi connectivity index (χ4v) is 2.57. The summed E-state index contributed by atoms with van der Waals surface area (Å²) in [5, 5.41) is 3.52. The van der Waals surface area contributed by atoms with Crippen molar-refractivity contribution in [2.45, 2.75) is 25.3 Å². The summed E-state index contributed by atoms with van der Waals surface area (Å²) in [5.74, 6) is 0.608. The molecule has 1 fully saturated rings. The Hall–Kier alpha value is -0.610. The maximum Gasteiger partial charge on any atom is 0.129 e. The van der Waals surface area contributed by atoms with Gasteiger partial charge in [0, 0.05) is 12.2 Å². The maximum absolute atomic E-state index is 5.75. The van der Waals surface area contributed by atoms with Crippen molar-refractivity contribution >= 4 is 21.6 Å². The third-order valence-corrected chi connectivity index (χ3v) is 3.69. The van der Waals surface area contributed by atoms with Gasteiger partial charge in [-0.3, -0.25) is 0 Å². The van der Waals surface area contributed by atoms with Crippen LogP contribution in [0.5, 0.6) is 0 Å². The summed E-state index contributed by atoms with van der Waals surface area (Å²) in [6, 6.07) is 4.50. The van der Waals surface area contributed by atoms with Crippen LogP contribution in [0.3, 0.4) is 0 Å². The summed E-state index contributed by atoms with van der Waals surface area (Å²) in [6.45, 7) is 0.773. The number of hydrogen-bond acceptors (Lipinski definition) is 3. The third-order valence-electron chi connectivity index (χ3n) is 3.06. The van der Waals surface area contributed by atoms with Crippen molar-refractivity contribution in [3.63, 3.8) is 0 Å². The van der Waals surface area contributed by atoms with Crippen molar-refractivity contribution < 1.29 is 0 Å². The van der Waals surface area contributed by atoms with Crippen LogP contribution < -0.4 is 11.1 Å². The van der Waals surface area contributed by atoms with Crippen LogP contribution in [0.25, 0.3) is 0 Å². The van der Waals surface area contributed by atoms with Crippen molar-refractivity contribution in [3.8, 4) is 0 Å². The lowest BCUT2D eigenvalue weighted by molar-refractivity contribution is 0.516. The molecule has 0 bridgehead atoms. The van der Waals surface area contributed by atoms with Gasteiger partial charge in [-0.1, -0.05) is 6.42 Å². The Bertz CT molecular complexity index is 329. The van der Waals surface area contributed by atoms with Gasteiger partial charge in [0.05, 0.1) is 5.69 Å². The number of nitrogens with zero attached hydrogens (tertiary/aromatic N) is 1. The standard InChI is InChI=1S/C11H16BrN3/c12-11-10(5-2-6-14-11)15-9-4-1-3-8(9)7-13/h2,5-6,8-9,15H,1,3-4,7,13H2. The monoisotopic (exact) mass is 269 g/mol. The molecular weight excluding hydrogens is 254 g/mol. The highest BCUT2D eigenvalue weighted by molar-refractivity contribution is 9.10. The minimum atomic E-state index is 0.510. The van der Waals surface area contributed by atoms with Crippen LogP contribution in [0, 0.1) is 5.92 Å². The Labute approximate surface area is 98.6 Å². The van der Waals surface area contributed by atoms with Gasteiger partial charge in [-0.25, -0.2) is 4.98 Å². The molecule has 1 aromatic heterocycles. The molecular formula is C11H16BrN3. The number of anilines is 1. The zero-order chi connectivity index (χ0) is 10.7. The minimum Gasteiger partial charge on any atom is -0.380 e. The van der Waals surface area contributed by atoms with E-state index in [-0.39, 0.29) is 0 Å². The summed E-state index contributed by atoms with van der Waals surface area (Å²) >= 11 is 3.44. The number of halogens is 1. The predicted molar refractivity (Wildman–Crippen MR) is 65.7 cm³/mol. The van der Waals surface area contributed by atoms with Gasteiger partial charge in [0.1, 0.15) is 4.60 Å². The summed E-state index contributed by atoms with van der Waals surface area (Å²) in [5.41, 5.74) is 6.82.